The number of benzene rings is 1. The first-order valence-electron chi connectivity index (χ1n) is 7.05. The second-order valence-corrected chi connectivity index (χ2v) is 6.20. The number of carbonyl (C=O) groups is 1. The Balaban J connectivity index is 1.58. The molecule has 0 atom stereocenters. The molecule has 1 aromatic carbocycles. The average molecular weight is 301 g/mol. The van der Waals surface area contributed by atoms with Crippen LogP contribution in [0.4, 0.5) is 0 Å². The highest BCUT2D eigenvalue weighted by atomic mass is 32.1. The van der Waals surface area contributed by atoms with Crippen LogP contribution in [0, 0.1) is 0 Å². The van der Waals surface area contributed by atoms with Crippen molar-refractivity contribution < 1.29 is 14.3 Å². The fraction of sp³-hybridized carbons (Fsp3) is 0.312. The highest BCUT2D eigenvalue weighted by molar-refractivity contribution is 7.10. The molecule has 0 saturated heterocycles. The first-order valence-corrected chi connectivity index (χ1v) is 7.93. The van der Waals surface area contributed by atoms with Crippen molar-refractivity contribution in [2.24, 2.45) is 0 Å². The van der Waals surface area contributed by atoms with E-state index in [1.165, 1.54) is 10.4 Å². The molecule has 21 heavy (non-hydrogen) atoms. The number of hydrogen-bond acceptors (Lipinski definition) is 4. The van der Waals surface area contributed by atoms with Crippen LogP contribution in [0.1, 0.15) is 20.8 Å². The summed E-state index contributed by atoms with van der Waals surface area (Å²) in [5, 5.41) is 2.10. The molecule has 2 aliphatic heterocycles. The smallest absolute Gasteiger partial charge is 0.254 e. The van der Waals surface area contributed by atoms with Crippen molar-refractivity contribution in [2.75, 3.05) is 19.8 Å². The average Bonchev–Trinajstić information content (AvgIpc) is 3.01. The molecule has 4 nitrogen and oxygen atoms in total. The Morgan fingerprint density at radius 1 is 1.14 bits per heavy atom. The number of fused-ring (bicyclic) bond motifs is 2. The molecule has 0 unspecified atom stereocenters. The summed E-state index contributed by atoms with van der Waals surface area (Å²) in [7, 11) is 0. The lowest BCUT2D eigenvalue weighted by Crippen LogP contribution is -2.35. The van der Waals surface area contributed by atoms with Crippen LogP contribution < -0.4 is 9.47 Å². The minimum Gasteiger partial charge on any atom is -0.486 e. The van der Waals surface area contributed by atoms with Gasteiger partial charge in [-0.2, -0.15) is 0 Å². The van der Waals surface area contributed by atoms with Crippen LogP contribution in [0.15, 0.2) is 29.6 Å². The Bertz CT molecular complexity index is 695. The van der Waals surface area contributed by atoms with Crippen LogP contribution in [0.5, 0.6) is 11.5 Å². The molecule has 4 rings (SSSR count). The molecule has 2 aliphatic rings. The maximum Gasteiger partial charge on any atom is 0.254 e. The molecule has 0 aliphatic carbocycles. The monoisotopic (exact) mass is 301 g/mol. The zero-order valence-corrected chi connectivity index (χ0v) is 12.3. The Labute approximate surface area is 126 Å². The van der Waals surface area contributed by atoms with Crippen molar-refractivity contribution in [1.29, 1.82) is 0 Å². The van der Waals surface area contributed by atoms with Gasteiger partial charge in [0.15, 0.2) is 11.5 Å². The first-order chi connectivity index (χ1) is 10.3. The number of amides is 1. The summed E-state index contributed by atoms with van der Waals surface area (Å²) >= 11 is 1.78. The van der Waals surface area contributed by atoms with Gasteiger partial charge in [-0.25, -0.2) is 0 Å². The quantitative estimate of drug-likeness (QED) is 0.813. The zero-order valence-electron chi connectivity index (χ0n) is 11.5. The van der Waals surface area contributed by atoms with Gasteiger partial charge in [0, 0.05) is 23.5 Å². The third-order valence-corrected chi connectivity index (χ3v) is 4.91. The van der Waals surface area contributed by atoms with E-state index >= 15 is 0 Å². The molecule has 0 radical (unpaired) electrons. The van der Waals surface area contributed by atoms with Gasteiger partial charge in [0.2, 0.25) is 0 Å². The van der Waals surface area contributed by atoms with Crippen molar-refractivity contribution in [3.63, 3.8) is 0 Å². The minimum atomic E-state index is 0.0591. The van der Waals surface area contributed by atoms with Crippen LogP contribution >= 0.6 is 11.3 Å². The molecule has 5 heteroatoms. The highest BCUT2D eigenvalue weighted by Gasteiger charge is 2.23. The molecule has 1 amide bonds. The molecule has 108 valence electrons. The predicted octanol–water partition coefficient (Wildman–Crippen LogP) is 2.72. The molecule has 0 bridgehead atoms. The van der Waals surface area contributed by atoms with E-state index in [0.717, 1.165) is 18.7 Å². The Hall–Kier alpha value is -2.01. The highest BCUT2D eigenvalue weighted by Crippen LogP contribution is 2.32. The van der Waals surface area contributed by atoms with Gasteiger partial charge in [-0.05, 0) is 41.6 Å². The molecular weight excluding hydrogens is 286 g/mol. The van der Waals surface area contributed by atoms with E-state index in [4.69, 9.17) is 9.47 Å². The van der Waals surface area contributed by atoms with Gasteiger partial charge in [0.25, 0.3) is 5.91 Å². The maximum atomic E-state index is 12.7. The minimum absolute atomic E-state index is 0.0591. The van der Waals surface area contributed by atoms with Gasteiger partial charge < -0.3 is 14.4 Å². The fourth-order valence-electron chi connectivity index (χ4n) is 2.78. The van der Waals surface area contributed by atoms with Crippen LogP contribution in [0.25, 0.3) is 0 Å². The largest absolute Gasteiger partial charge is 0.486 e. The molecular formula is C16H15NO3S. The standard InChI is InChI=1S/C16H15NO3S/c18-16(17-5-3-15-12(10-17)4-8-21-15)11-1-2-13-14(9-11)20-7-6-19-13/h1-2,4,8-9H,3,5-7,10H2. The van der Waals surface area contributed by atoms with Gasteiger partial charge in [-0.15, -0.1) is 11.3 Å². The number of ether oxygens (including phenoxy) is 2. The molecule has 0 spiro atoms. The van der Waals surface area contributed by atoms with E-state index in [1.54, 1.807) is 17.4 Å². The van der Waals surface area contributed by atoms with Crippen LogP contribution in [-0.4, -0.2) is 30.6 Å². The van der Waals surface area contributed by atoms with Crippen molar-refractivity contribution in [3.05, 3.63) is 45.6 Å². The lowest BCUT2D eigenvalue weighted by Gasteiger charge is -2.27. The van der Waals surface area contributed by atoms with Gasteiger partial charge in [0.1, 0.15) is 13.2 Å². The number of nitrogens with zero attached hydrogens (tertiary/aromatic N) is 1. The number of thiophene rings is 1. The third-order valence-electron chi connectivity index (χ3n) is 3.88. The molecule has 1 aromatic heterocycles. The topological polar surface area (TPSA) is 38.8 Å². The summed E-state index contributed by atoms with van der Waals surface area (Å²) in [6, 6.07) is 7.55. The van der Waals surface area contributed by atoms with Gasteiger partial charge in [-0.3, -0.25) is 4.79 Å². The molecule has 0 fully saturated rings. The third kappa shape index (κ3) is 2.27. The first kappa shape index (κ1) is 12.7. The van der Waals surface area contributed by atoms with Gasteiger partial charge in [-0.1, -0.05) is 0 Å². The fourth-order valence-corrected chi connectivity index (χ4v) is 3.67. The Kier molecular flexibility index (Phi) is 3.07. The summed E-state index contributed by atoms with van der Waals surface area (Å²) in [5.41, 5.74) is 1.94. The molecule has 3 heterocycles. The van der Waals surface area contributed by atoms with E-state index in [-0.39, 0.29) is 5.91 Å². The SMILES string of the molecule is O=C(c1ccc2c(c1)OCCO2)N1CCc2sccc2C1. The summed E-state index contributed by atoms with van der Waals surface area (Å²) in [4.78, 5) is 16.0. The van der Waals surface area contributed by atoms with Crippen LogP contribution in [-0.2, 0) is 13.0 Å². The zero-order chi connectivity index (χ0) is 14.2. The summed E-state index contributed by atoms with van der Waals surface area (Å²) in [5.74, 6) is 1.45. The number of rotatable bonds is 1. The normalized spacial score (nSPS) is 16.5. The second kappa shape index (κ2) is 5.07. The Morgan fingerprint density at radius 3 is 2.90 bits per heavy atom. The number of carbonyl (C=O) groups excluding carboxylic acids is 1. The lowest BCUT2D eigenvalue weighted by molar-refractivity contribution is 0.0734. The van der Waals surface area contributed by atoms with E-state index in [1.807, 2.05) is 17.0 Å². The van der Waals surface area contributed by atoms with Crippen molar-refractivity contribution >= 4 is 17.2 Å². The van der Waals surface area contributed by atoms with Crippen molar-refractivity contribution in [1.82, 2.24) is 4.90 Å². The summed E-state index contributed by atoms with van der Waals surface area (Å²) in [6.07, 6.45) is 0.948. The predicted molar refractivity (Wildman–Crippen MR) is 80.2 cm³/mol. The molecule has 0 N–H and O–H groups in total. The van der Waals surface area contributed by atoms with Gasteiger partial charge in [0.05, 0.1) is 0 Å². The van der Waals surface area contributed by atoms with Gasteiger partial charge >= 0.3 is 0 Å². The van der Waals surface area contributed by atoms with E-state index in [2.05, 4.69) is 11.4 Å². The molecule has 0 saturated carbocycles. The number of hydrogen-bond donors (Lipinski definition) is 0. The van der Waals surface area contributed by atoms with Crippen molar-refractivity contribution in [2.45, 2.75) is 13.0 Å². The van der Waals surface area contributed by atoms with Crippen LogP contribution in [0.3, 0.4) is 0 Å². The van der Waals surface area contributed by atoms with Crippen LogP contribution in [0.2, 0.25) is 0 Å². The van der Waals surface area contributed by atoms with Crippen molar-refractivity contribution in [3.8, 4) is 11.5 Å². The summed E-state index contributed by atoms with van der Waals surface area (Å²) in [6.45, 7) is 2.58. The molecule has 2 aromatic rings. The van der Waals surface area contributed by atoms with E-state index < -0.39 is 0 Å². The second-order valence-electron chi connectivity index (χ2n) is 5.20. The lowest BCUT2D eigenvalue weighted by atomic mass is 10.1. The Morgan fingerprint density at radius 2 is 2.00 bits per heavy atom. The summed E-state index contributed by atoms with van der Waals surface area (Å²) < 4.78 is 11.0. The van der Waals surface area contributed by atoms with E-state index in [9.17, 15) is 4.79 Å². The van der Waals surface area contributed by atoms with E-state index in [0.29, 0.717) is 31.1 Å². The maximum absolute atomic E-state index is 12.7.